The lowest BCUT2D eigenvalue weighted by atomic mass is 9.77. The summed E-state index contributed by atoms with van der Waals surface area (Å²) in [6, 6.07) is 0.605. The molecular weight excluding hydrogens is 328 g/mol. The minimum absolute atomic E-state index is 0.151. The lowest BCUT2D eigenvalue weighted by Gasteiger charge is -2.44. The SMILES string of the molecule is CN1CCN(C(=O)N2CCC3(CCCN(C4CCCCC4)C3=O)C2)CC1. The van der Waals surface area contributed by atoms with E-state index in [0.29, 0.717) is 18.5 Å². The predicted molar refractivity (Wildman–Crippen MR) is 101 cm³/mol. The first-order chi connectivity index (χ1) is 12.6. The van der Waals surface area contributed by atoms with E-state index in [1.165, 1.54) is 32.1 Å². The molecule has 1 atom stereocenters. The summed E-state index contributed by atoms with van der Waals surface area (Å²) in [5.74, 6) is 0.351. The Bertz CT molecular complexity index is 540. The maximum absolute atomic E-state index is 13.4. The van der Waals surface area contributed by atoms with Crippen LogP contribution in [-0.4, -0.2) is 90.4 Å². The molecule has 6 heteroatoms. The van der Waals surface area contributed by atoms with Crippen molar-refractivity contribution in [3.8, 4) is 0 Å². The number of carbonyl (C=O) groups excluding carboxylic acids is 2. The minimum atomic E-state index is -0.294. The van der Waals surface area contributed by atoms with E-state index in [9.17, 15) is 9.59 Å². The van der Waals surface area contributed by atoms with E-state index in [-0.39, 0.29) is 11.4 Å². The molecule has 3 amide bonds. The molecule has 3 saturated heterocycles. The van der Waals surface area contributed by atoms with Crippen molar-refractivity contribution in [1.82, 2.24) is 19.6 Å². The van der Waals surface area contributed by atoms with E-state index in [1.54, 1.807) is 0 Å². The molecule has 3 heterocycles. The van der Waals surface area contributed by atoms with Crippen LogP contribution >= 0.6 is 0 Å². The van der Waals surface area contributed by atoms with Gasteiger partial charge in [0.25, 0.3) is 0 Å². The number of likely N-dealkylation sites (N-methyl/N-ethyl adjacent to an activating group) is 1. The maximum atomic E-state index is 13.4. The van der Waals surface area contributed by atoms with Gasteiger partial charge in [0, 0.05) is 51.9 Å². The Morgan fingerprint density at radius 2 is 1.62 bits per heavy atom. The normalized spacial score (nSPS) is 31.9. The number of amides is 3. The Labute approximate surface area is 157 Å². The summed E-state index contributed by atoms with van der Waals surface area (Å²) in [5.41, 5.74) is -0.294. The van der Waals surface area contributed by atoms with Crippen molar-refractivity contribution in [3.63, 3.8) is 0 Å². The van der Waals surface area contributed by atoms with Crippen LogP contribution in [-0.2, 0) is 4.79 Å². The van der Waals surface area contributed by atoms with Gasteiger partial charge in [-0.15, -0.1) is 0 Å². The third-order valence-electron chi connectivity index (χ3n) is 7.18. The summed E-state index contributed by atoms with van der Waals surface area (Å²) in [7, 11) is 2.10. The van der Waals surface area contributed by atoms with Crippen LogP contribution in [0.3, 0.4) is 0 Å². The van der Waals surface area contributed by atoms with Gasteiger partial charge >= 0.3 is 6.03 Å². The lowest BCUT2D eigenvalue weighted by Crippen LogP contribution is -2.55. The number of carbonyl (C=O) groups is 2. The Morgan fingerprint density at radius 1 is 0.885 bits per heavy atom. The number of rotatable bonds is 1. The Hall–Kier alpha value is -1.30. The number of hydrogen-bond acceptors (Lipinski definition) is 3. The molecule has 1 spiro atoms. The molecule has 26 heavy (non-hydrogen) atoms. The van der Waals surface area contributed by atoms with Crippen LogP contribution < -0.4 is 0 Å². The minimum Gasteiger partial charge on any atom is -0.339 e. The molecule has 0 aromatic heterocycles. The number of piperazine rings is 1. The predicted octanol–water partition coefficient (Wildman–Crippen LogP) is 2.00. The zero-order chi connectivity index (χ0) is 18.1. The Balaban J connectivity index is 1.41. The molecule has 4 fully saturated rings. The highest BCUT2D eigenvalue weighted by atomic mass is 16.2. The van der Waals surface area contributed by atoms with Gasteiger partial charge in [0.15, 0.2) is 0 Å². The smallest absolute Gasteiger partial charge is 0.320 e. The van der Waals surface area contributed by atoms with E-state index in [0.717, 1.165) is 58.5 Å². The van der Waals surface area contributed by atoms with Crippen LogP contribution in [0.25, 0.3) is 0 Å². The van der Waals surface area contributed by atoms with Crippen molar-refractivity contribution in [2.45, 2.75) is 57.4 Å². The zero-order valence-corrected chi connectivity index (χ0v) is 16.3. The molecule has 4 rings (SSSR count). The average molecular weight is 363 g/mol. The van der Waals surface area contributed by atoms with Crippen molar-refractivity contribution in [3.05, 3.63) is 0 Å². The number of nitrogens with zero attached hydrogens (tertiary/aromatic N) is 4. The van der Waals surface area contributed by atoms with E-state index in [4.69, 9.17) is 0 Å². The second-order valence-corrected chi connectivity index (χ2v) is 8.92. The van der Waals surface area contributed by atoms with Gasteiger partial charge in [0.05, 0.1) is 5.41 Å². The molecule has 0 aromatic carbocycles. The standard InChI is InChI=1S/C20H34N4O2/c1-21-12-14-22(15-13-21)19(26)23-11-9-20(16-23)8-5-10-24(18(20)25)17-6-3-2-4-7-17/h17H,2-16H2,1H3. The zero-order valence-electron chi connectivity index (χ0n) is 16.3. The number of urea groups is 1. The van der Waals surface area contributed by atoms with E-state index >= 15 is 0 Å². The van der Waals surface area contributed by atoms with Gasteiger partial charge in [0.1, 0.15) is 0 Å². The molecule has 0 radical (unpaired) electrons. The highest BCUT2D eigenvalue weighted by Gasteiger charge is 2.51. The van der Waals surface area contributed by atoms with Crippen molar-refractivity contribution < 1.29 is 9.59 Å². The third kappa shape index (κ3) is 3.32. The van der Waals surface area contributed by atoms with Crippen LogP contribution in [0.1, 0.15) is 51.4 Å². The van der Waals surface area contributed by atoms with Gasteiger partial charge in [-0.3, -0.25) is 4.79 Å². The van der Waals surface area contributed by atoms with Crippen LogP contribution in [0.2, 0.25) is 0 Å². The second-order valence-electron chi connectivity index (χ2n) is 8.92. The fraction of sp³-hybridized carbons (Fsp3) is 0.900. The number of likely N-dealkylation sites (tertiary alicyclic amines) is 2. The molecule has 1 unspecified atom stereocenters. The number of hydrogen-bond donors (Lipinski definition) is 0. The lowest BCUT2D eigenvalue weighted by molar-refractivity contribution is -0.149. The molecule has 1 saturated carbocycles. The van der Waals surface area contributed by atoms with E-state index < -0.39 is 0 Å². The summed E-state index contributed by atoms with van der Waals surface area (Å²) in [6.07, 6.45) is 9.09. The van der Waals surface area contributed by atoms with Gasteiger partial charge in [-0.05, 0) is 39.2 Å². The maximum Gasteiger partial charge on any atom is 0.320 e. The average Bonchev–Trinajstić information content (AvgIpc) is 3.10. The summed E-state index contributed by atoms with van der Waals surface area (Å²) in [6.45, 7) is 5.81. The molecular formula is C20H34N4O2. The first kappa shape index (κ1) is 18.1. The fourth-order valence-electron chi connectivity index (χ4n) is 5.45. The van der Waals surface area contributed by atoms with Gasteiger partial charge in [-0.25, -0.2) is 4.79 Å². The summed E-state index contributed by atoms with van der Waals surface area (Å²) in [5, 5.41) is 0. The van der Waals surface area contributed by atoms with Crippen LogP contribution in [0.5, 0.6) is 0 Å². The monoisotopic (exact) mass is 362 g/mol. The molecule has 0 aromatic rings. The second kappa shape index (κ2) is 7.37. The molecule has 146 valence electrons. The Kier molecular flexibility index (Phi) is 5.13. The van der Waals surface area contributed by atoms with Gasteiger partial charge in [-0.2, -0.15) is 0 Å². The third-order valence-corrected chi connectivity index (χ3v) is 7.18. The molecule has 6 nitrogen and oxygen atoms in total. The molecule has 4 aliphatic rings. The summed E-state index contributed by atoms with van der Waals surface area (Å²) < 4.78 is 0. The van der Waals surface area contributed by atoms with Crippen molar-refractivity contribution in [2.24, 2.45) is 5.41 Å². The van der Waals surface area contributed by atoms with Gasteiger partial charge in [-0.1, -0.05) is 19.3 Å². The van der Waals surface area contributed by atoms with Gasteiger partial charge in [0.2, 0.25) is 5.91 Å². The van der Waals surface area contributed by atoms with Gasteiger partial charge < -0.3 is 19.6 Å². The Morgan fingerprint density at radius 3 is 2.35 bits per heavy atom. The number of piperidine rings is 1. The topological polar surface area (TPSA) is 47.1 Å². The van der Waals surface area contributed by atoms with E-state index in [1.807, 2.05) is 9.80 Å². The highest BCUT2D eigenvalue weighted by Crippen LogP contribution is 2.42. The molecule has 3 aliphatic heterocycles. The first-order valence-corrected chi connectivity index (χ1v) is 10.6. The first-order valence-electron chi connectivity index (χ1n) is 10.6. The molecule has 1 aliphatic carbocycles. The van der Waals surface area contributed by atoms with Crippen LogP contribution in [0.15, 0.2) is 0 Å². The summed E-state index contributed by atoms with van der Waals surface area (Å²) >= 11 is 0. The van der Waals surface area contributed by atoms with Crippen molar-refractivity contribution in [2.75, 3.05) is 52.9 Å². The molecule has 0 N–H and O–H groups in total. The largest absolute Gasteiger partial charge is 0.339 e. The van der Waals surface area contributed by atoms with Crippen LogP contribution in [0, 0.1) is 5.41 Å². The highest BCUT2D eigenvalue weighted by molar-refractivity contribution is 5.86. The van der Waals surface area contributed by atoms with Crippen LogP contribution in [0.4, 0.5) is 4.79 Å². The quantitative estimate of drug-likeness (QED) is 0.717. The summed E-state index contributed by atoms with van der Waals surface area (Å²) in [4.78, 5) is 34.7. The van der Waals surface area contributed by atoms with Crippen molar-refractivity contribution >= 4 is 11.9 Å². The van der Waals surface area contributed by atoms with Crippen molar-refractivity contribution in [1.29, 1.82) is 0 Å². The molecule has 0 bridgehead atoms. The fourth-order valence-corrected chi connectivity index (χ4v) is 5.45. The van der Waals surface area contributed by atoms with E-state index in [2.05, 4.69) is 16.8 Å².